The average molecular weight is 310 g/mol. The maximum atomic E-state index is 5.00. The summed E-state index contributed by atoms with van der Waals surface area (Å²) in [5.74, 6) is 0.557. The number of hydrogen-bond donors (Lipinski definition) is 1. The number of aromatic nitrogens is 1. The highest BCUT2D eigenvalue weighted by Gasteiger charge is 2.24. The predicted octanol–water partition coefficient (Wildman–Crippen LogP) is 4.53. The van der Waals surface area contributed by atoms with E-state index in [-0.39, 0.29) is 0 Å². The van der Waals surface area contributed by atoms with Gasteiger partial charge in [0.15, 0.2) is 5.13 Å². The van der Waals surface area contributed by atoms with E-state index in [2.05, 4.69) is 45.0 Å². The zero-order chi connectivity index (χ0) is 15.4. The van der Waals surface area contributed by atoms with Crippen LogP contribution in [0, 0.1) is 0 Å². The average Bonchev–Trinajstić information content (AvgIpc) is 3.23. The fourth-order valence-electron chi connectivity index (χ4n) is 2.72. The fraction of sp³-hybridized carbons (Fsp3) is 0.824. The molecule has 0 amide bonds. The summed E-state index contributed by atoms with van der Waals surface area (Å²) in [7, 11) is 2.20. The highest BCUT2D eigenvalue weighted by atomic mass is 32.1. The first-order valence-corrected chi connectivity index (χ1v) is 9.38. The second-order valence-corrected chi connectivity index (χ2v) is 7.41. The van der Waals surface area contributed by atoms with Crippen LogP contribution in [0.2, 0.25) is 0 Å². The van der Waals surface area contributed by atoms with Crippen LogP contribution in [0.1, 0.15) is 76.3 Å². The van der Waals surface area contributed by atoms with Gasteiger partial charge in [-0.15, -0.1) is 11.3 Å². The molecule has 0 aromatic carbocycles. The lowest BCUT2D eigenvalue weighted by atomic mass is 10.0. The maximum Gasteiger partial charge on any atom is 0.185 e. The summed E-state index contributed by atoms with van der Waals surface area (Å²) in [5.41, 5.74) is 1.32. The van der Waals surface area contributed by atoms with Crippen molar-refractivity contribution in [2.24, 2.45) is 0 Å². The minimum Gasteiger partial charge on any atom is -0.348 e. The standard InChI is InChI=1S/C17H31N3S/c1-6-12(4)16-15(11-18-13-9-10-13)21-17(19-16)20(5)14(7-2)8-3/h12-14,18H,6-11H2,1-5H3. The molecule has 1 aromatic heterocycles. The quantitative estimate of drug-likeness (QED) is 0.726. The minimum atomic E-state index is 0.557. The summed E-state index contributed by atoms with van der Waals surface area (Å²) >= 11 is 1.89. The Labute approximate surface area is 134 Å². The Morgan fingerprint density at radius 2 is 1.90 bits per heavy atom. The van der Waals surface area contributed by atoms with E-state index in [4.69, 9.17) is 4.98 Å². The van der Waals surface area contributed by atoms with E-state index in [1.54, 1.807) is 0 Å². The van der Waals surface area contributed by atoms with E-state index in [1.807, 2.05) is 11.3 Å². The van der Waals surface area contributed by atoms with Gasteiger partial charge in [0, 0.05) is 30.6 Å². The van der Waals surface area contributed by atoms with Crippen molar-refractivity contribution in [2.45, 2.75) is 84.3 Å². The number of anilines is 1. The lowest BCUT2D eigenvalue weighted by molar-refractivity contribution is 0.588. The Balaban J connectivity index is 2.16. The molecule has 0 saturated heterocycles. The minimum absolute atomic E-state index is 0.557. The first-order chi connectivity index (χ1) is 10.1. The van der Waals surface area contributed by atoms with Crippen LogP contribution in [0.5, 0.6) is 0 Å². The molecule has 2 rings (SSSR count). The van der Waals surface area contributed by atoms with Gasteiger partial charge in [0.05, 0.1) is 5.69 Å². The molecule has 4 heteroatoms. The molecule has 0 bridgehead atoms. The highest BCUT2D eigenvalue weighted by molar-refractivity contribution is 7.15. The van der Waals surface area contributed by atoms with Gasteiger partial charge in [-0.25, -0.2) is 4.98 Å². The van der Waals surface area contributed by atoms with Crippen molar-refractivity contribution in [1.82, 2.24) is 10.3 Å². The van der Waals surface area contributed by atoms with Gasteiger partial charge in [-0.1, -0.05) is 27.7 Å². The normalized spacial score (nSPS) is 16.5. The summed E-state index contributed by atoms with van der Waals surface area (Å²) in [6, 6.07) is 1.36. The van der Waals surface area contributed by atoms with Gasteiger partial charge in [-0.3, -0.25) is 0 Å². The van der Waals surface area contributed by atoms with E-state index in [9.17, 15) is 0 Å². The Kier molecular flexibility index (Phi) is 6.06. The van der Waals surface area contributed by atoms with E-state index in [1.165, 1.54) is 41.4 Å². The van der Waals surface area contributed by atoms with Gasteiger partial charge >= 0.3 is 0 Å². The van der Waals surface area contributed by atoms with Crippen LogP contribution in [-0.2, 0) is 6.54 Å². The van der Waals surface area contributed by atoms with E-state index in [0.29, 0.717) is 12.0 Å². The van der Waals surface area contributed by atoms with Gasteiger partial charge in [-0.05, 0) is 38.0 Å². The molecule has 1 N–H and O–H groups in total. The van der Waals surface area contributed by atoms with Gasteiger partial charge in [-0.2, -0.15) is 0 Å². The van der Waals surface area contributed by atoms with E-state index < -0.39 is 0 Å². The van der Waals surface area contributed by atoms with Crippen molar-refractivity contribution in [2.75, 3.05) is 11.9 Å². The summed E-state index contributed by atoms with van der Waals surface area (Å²) in [6.07, 6.45) is 6.21. The lowest BCUT2D eigenvalue weighted by Crippen LogP contribution is -2.30. The monoisotopic (exact) mass is 309 g/mol. The Bertz CT molecular complexity index is 435. The molecule has 0 spiro atoms. The molecule has 1 atom stereocenters. The second kappa shape index (κ2) is 7.59. The molecule has 21 heavy (non-hydrogen) atoms. The van der Waals surface area contributed by atoms with Gasteiger partial charge in [0.1, 0.15) is 0 Å². The maximum absolute atomic E-state index is 5.00. The Morgan fingerprint density at radius 3 is 2.43 bits per heavy atom. The second-order valence-electron chi connectivity index (χ2n) is 6.35. The van der Waals surface area contributed by atoms with Crippen LogP contribution in [0.15, 0.2) is 0 Å². The SMILES string of the molecule is CCC(C)c1nc(N(C)C(CC)CC)sc1CNC1CC1. The first kappa shape index (κ1) is 16.8. The van der Waals surface area contributed by atoms with Crippen molar-refractivity contribution >= 4 is 16.5 Å². The molecule has 1 aliphatic rings. The topological polar surface area (TPSA) is 28.2 Å². The van der Waals surface area contributed by atoms with Gasteiger partial charge < -0.3 is 10.2 Å². The Morgan fingerprint density at radius 1 is 1.24 bits per heavy atom. The smallest absolute Gasteiger partial charge is 0.185 e. The van der Waals surface area contributed by atoms with Crippen LogP contribution in [-0.4, -0.2) is 24.1 Å². The molecule has 1 aliphatic carbocycles. The van der Waals surface area contributed by atoms with E-state index >= 15 is 0 Å². The summed E-state index contributed by atoms with van der Waals surface area (Å²) in [6.45, 7) is 10.1. The van der Waals surface area contributed by atoms with E-state index in [0.717, 1.165) is 19.0 Å². The number of nitrogens with zero attached hydrogens (tertiary/aromatic N) is 2. The molecule has 1 aromatic rings. The third-order valence-corrected chi connectivity index (χ3v) is 5.88. The van der Waals surface area contributed by atoms with Gasteiger partial charge in [0.2, 0.25) is 0 Å². The molecule has 0 radical (unpaired) electrons. The number of hydrogen-bond acceptors (Lipinski definition) is 4. The van der Waals surface area contributed by atoms with Crippen LogP contribution >= 0.6 is 11.3 Å². The summed E-state index contributed by atoms with van der Waals surface area (Å²) in [5, 5.41) is 4.85. The summed E-state index contributed by atoms with van der Waals surface area (Å²) in [4.78, 5) is 8.83. The molecule has 1 fully saturated rings. The third kappa shape index (κ3) is 4.19. The van der Waals surface area contributed by atoms with Crippen LogP contribution in [0.25, 0.3) is 0 Å². The zero-order valence-electron chi connectivity index (χ0n) is 14.3. The van der Waals surface area contributed by atoms with Crippen molar-refractivity contribution in [1.29, 1.82) is 0 Å². The van der Waals surface area contributed by atoms with Gasteiger partial charge in [0.25, 0.3) is 0 Å². The molecule has 0 aliphatic heterocycles. The molecule has 120 valence electrons. The number of nitrogens with one attached hydrogen (secondary N) is 1. The van der Waals surface area contributed by atoms with Crippen molar-refractivity contribution in [3.05, 3.63) is 10.6 Å². The Hall–Kier alpha value is -0.610. The predicted molar refractivity (Wildman–Crippen MR) is 93.5 cm³/mol. The number of thiazole rings is 1. The van der Waals surface area contributed by atoms with Crippen LogP contribution < -0.4 is 10.2 Å². The zero-order valence-corrected chi connectivity index (χ0v) is 15.1. The number of rotatable bonds is 9. The van der Waals surface area contributed by atoms with Crippen molar-refractivity contribution in [3.63, 3.8) is 0 Å². The molecule has 1 unspecified atom stereocenters. The van der Waals surface area contributed by atoms with Crippen LogP contribution in [0.3, 0.4) is 0 Å². The molecular formula is C17H31N3S. The fourth-order valence-corrected chi connectivity index (χ4v) is 3.89. The molecule has 1 heterocycles. The molecule has 3 nitrogen and oxygen atoms in total. The molecular weight excluding hydrogens is 278 g/mol. The first-order valence-electron chi connectivity index (χ1n) is 8.56. The van der Waals surface area contributed by atoms with Crippen molar-refractivity contribution in [3.8, 4) is 0 Å². The third-order valence-electron chi connectivity index (χ3n) is 4.72. The largest absolute Gasteiger partial charge is 0.348 e. The lowest BCUT2D eigenvalue weighted by Gasteiger charge is -2.25. The summed E-state index contributed by atoms with van der Waals surface area (Å²) < 4.78 is 0. The highest BCUT2D eigenvalue weighted by Crippen LogP contribution is 2.33. The molecule has 1 saturated carbocycles. The van der Waals surface area contributed by atoms with Crippen LogP contribution in [0.4, 0.5) is 5.13 Å². The van der Waals surface area contributed by atoms with Crippen molar-refractivity contribution < 1.29 is 0 Å².